The second-order valence-corrected chi connectivity index (χ2v) is 6.43. The van der Waals surface area contributed by atoms with Crippen molar-refractivity contribution in [3.8, 4) is 5.75 Å². The fraction of sp³-hybridized carbons (Fsp3) is 0.278. The van der Waals surface area contributed by atoms with Crippen LogP contribution in [0.1, 0.15) is 30.0 Å². The van der Waals surface area contributed by atoms with Crippen LogP contribution < -0.4 is 15.4 Å². The Balaban J connectivity index is 1.73. The van der Waals surface area contributed by atoms with Crippen LogP contribution in [-0.2, 0) is 6.42 Å². The maximum Gasteiger partial charge on any atom is 0.171 e. The molecule has 0 saturated carbocycles. The van der Waals surface area contributed by atoms with E-state index in [0.717, 1.165) is 24.9 Å². The number of ether oxygens (including phenoxy) is 1. The predicted octanol–water partition coefficient (Wildman–Crippen LogP) is 4.71. The van der Waals surface area contributed by atoms with Crippen molar-refractivity contribution in [3.05, 3.63) is 58.6 Å². The van der Waals surface area contributed by atoms with E-state index in [-0.39, 0.29) is 6.04 Å². The van der Waals surface area contributed by atoms with E-state index in [9.17, 15) is 0 Å². The molecule has 120 valence electrons. The molecule has 0 radical (unpaired) electrons. The number of halogens is 1. The first-order chi connectivity index (χ1) is 11.2. The molecule has 0 aliphatic heterocycles. The summed E-state index contributed by atoms with van der Waals surface area (Å²) >= 11 is 11.5. The highest BCUT2D eigenvalue weighted by Gasteiger charge is 2.20. The van der Waals surface area contributed by atoms with Gasteiger partial charge in [0.1, 0.15) is 5.75 Å². The van der Waals surface area contributed by atoms with E-state index < -0.39 is 0 Å². The van der Waals surface area contributed by atoms with Crippen LogP contribution in [0.4, 0.5) is 5.69 Å². The molecule has 3 rings (SSSR count). The lowest BCUT2D eigenvalue weighted by Gasteiger charge is -2.27. The summed E-state index contributed by atoms with van der Waals surface area (Å²) in [5, 5.41) is 7.82. The maximum atomic E-state index is 6.06. The van der Waals surface area contributed by atoms with E-state index in [1.54, 1.807) is 13.2 Å². The average Bonchev–Trinajstić information content (AvgIpc) is 2.55. The monoisotopic (exact) mass is 346 g/mol. The second kappa shape index (κ2) is 7.20. The van der Waals surface area contributed by atoms with Crippen LogP contribution in [0.2, 0.25) is 5.02 Å². The van der Waals surface area contributed by atoms with E-state index in [0.29, 0.717) is 15.9 Å². The Hall–Kier alpha value is -1.78. The molecule has 0 aromatic heterocycles. The van der Waals surface area contributed by atoms with Crippen molar-refractivity contribution in [1.82, 2.24) is 5.32 Å². The molecular formula is C18H19ClN2OS. The second-order valence-electron chi connectivity index (χ2n) is 5.59. The molecule has 0 fully saturated rings. The smallest absolute Gasteiger partial charge is 0.171 e. The molecule has 0 unspecified atom stereocenters. The molecular weight excluding hydrogens is 328 g/mol. The molecule has 0 amide bonds. The van der Waals surface area contributed by atoms with Gasteiger partial charge in [-0.2, -0.15) is 0 Å². The molecule has 2 N–H and O–H groups in total. The Kier molecular flexibility index (Phi) is 5.03. The number of fused-ring (bicyclic) bond motifs is 1. The molecule has 2 aromatic carbocycles. The van der Waals surface area contributed by atoms with Gasteiger partial charge in [-0.15, -0.1) is 0 Å². The average molecular weight is 347 g/mol. The maximum absolute atomic E-state index is 6.06. The van der Waals surface area contributed by atoms with E-state index >= 15 is 0 Å². The van der Waals surface area contributed by atoms with Crippen molar-refractivity contribution in [1.29, 1.82) is 0 Å². The Morgan fingerprint density at radius 1 is 1.26 bits per heavy atom. The fourth-order valence-corrected chi connectivity index (χ4v) is 3.42. The molecule has 5 heteroatoms. The van der Waals surface area contributed by atoms with E-state index in [1.165, 1.54) is 11.1 Å². The lowest BCUT2D eigenvalue weighted by atomic mass is 9.88. The van der Waals surface area contributed by atoms with Gasteiger partial charge in [0.2, 0.25) is 0 Å². The zero-order valence-electron chi connectivity index (χ0n) is 12.9. The van der Waals surface area contributed by atoms with Crippen molar-refractivity contribution in [2.75, 3.05) is 12.4 Å². The highest BCUT2D eigenvalue weighted by molar-refractivity contribution is 7.80. The Labute approximate surface area is 147 Å². The SMILES string of the molecule is COc1ccc(Cl)cc1NC(=S)N[C@@H]1CCCc2ccccc21. The summed E-state index contributed by atoms with van der Waals surface area (Å²) in [6.45, 7) is 0. The summed E-state index contributed by atoms with van der Waals surface area (Å²) in [5.74, 6) is 0.711. The first-order valence-electron chi connectivity index (χ1n) is 7.66. The minimum absolute atomic E-state index is 0.241. The van der Waals surface area contributed by atoms with E-state index in [4.69, 9.17) is 28.6 Å². The van der Waals surface area contributed by atoms with Gasteiger partial charge in [-0.05, 0) is 60.8 Å². The van der Waals surface area contributed by atoms with Crippen LogP contribution in [0.25, 0.3) is 0 Å². The highest BCUT2D eigenvalue weighted by atomic mass is 35.5. The zero-order valence-corrected chi connectivity index (χ0v) is 14.5. The number of hydrogen-bond donors (Lipinski definition) is 2. The summed E-state index contributed by atoms with van der Waals surface area (Å²) in [7, 11) is 1.63. The van der Waals surface area contributed by atoms with E-state index in [1.807, 2.05) is 12.1 Å². The highest BCUT2D eigenvalue weighted by Crippen LogP contribution is 2.30. The molecule has 0 saturated heterocycles. The quantitative estimate of drug-likeness (QED) is 0.788. The molecule has 1 aliphatic carbocycles. The van der Waals surface area contributed by atoms with E-state index in [2.05, 4.69) is 34.9 Å². The third kappa shape index (κ3) is 3.77. The first kappa shape index (κ1) is 16.1. The number of rotatable bonds is 3. The topological polar surface area (TPSA) is 33.3 Å². The van der Waals surface area contributed by atoms with Gasteiger partial charge in [0, 0.05) is 5.02 Å². The van der Waals surface area contributed by atoms with Gasteiger partial charge in [-0.25, -0.2) is 0 Å². The summed E-state index contributed by atoms with van der Waals surface area (Å²) in [4.78, 5) is 0. The largest absolute Gasteiger partial charge is 0.495 e. The zero-order chi connectivity index (χ0) is 16.2. The minimum atomic E-state index is 0.241. The number of thiocarbonyl (C=S) groups is 1. The molecule has 2 aromatic rings. The van der Waals surface area contributed by atoms with Crippen molar-refractivity contribution in [2.24, 2.45) is 0 Å². The van der Waals surface area contributed by atoms with Crippen molar-refractivity contribution >= 4 is 34.6 Å². The van der Waals surface area contributed by atoms with Crippen molar-refractivity contribution in [2.45, 2.75) is 25.3 Å². The third-order valence-electron chi connectivity index (χ3n) is 4.08. The van der Waals surface area contributed by atoms with Crippen LogP contribution in [0.5, 0.6) is 5.75 Å². The summed E-state index contributed by atoms with van der Waals surface area (Å²) < 4.78 is 5.34. The molecule has 0 bridgehead atoms. The Morgan fingerprint density at radius 3 is 2.91 bits per heavy atom. The number of benzene rings is 2. The van der Waals surface area contributed by atoms with Crippen LogP contribution in [0.3, 0.4) is 0 Å². The standard InChI is InChI=1S/C18H19ClN2OS/c1-22-17-10-9-13(19)11-16(17)21-18(23)20-15-8-4-6-12-5-2-3-7-14(12)15/h2-3,5,7,9-11,15H,4,6,8H2,1H3,(H2,20,21,23)/t15-/m1/s1. The predicted molar refractivity (Wildman–Crippen MR) is 99.5 cm³/mol. The van der Waals surface area contributed by atoms with Gasteiger partial charge in [0.05, 0.1) is 18.8 Å². The van der Waals surface area contributed by atoms with Crippen LogP contribution in [0.15, 0.2) is 42.5 Å². The molecule has 3 nitrogen and oxygen atoms in total. The van der Waals surface area contributed by atoms with Gasteiger partial charge >= 0.3 is 0 Å². The van der Waals surface area contributed by atoms with Crippen LogP contribution >= 0.6 is 23.8 Å². The van der Waals surface area contributed by atoms with Crippen molar-refractivity contribution < 1.29 is 4.74 Å². The lowest BCUT2D eigenvalue weighted by molar-refractivity contribution is 0.417. The number of nitrogens with one attached hydrogen (secondary N) is 2. The molecule has 0 heterocycles. The summed E-state index contributed by atoms with van der Waals surface area (Å²) in [6.07, 6.45) is 3.37. The summed E-state index contributed by atoms with van der Waals surface area (Å²) in [6, 6.07) is 14.2. The van der Waals surface area contributed by atoms with Gasteiger partial charge in [-0.1, -0.05) is 35.9 Å². The van der Waals surface area contributed by atoms with Gasteiger partial charge < -0.3 is 15.4 Å². The Bertz CT molecular complexity index is 720. The molecule has 1 atom stereocenters. The number of aryl methyl sites for hydroxylation is 1. The van der Waals surface area contributed by atoms with Crippen LogP contribution in [-0.4, -0.2) is 12.2 Å². The summed E-state index contributed by atoms with van der Waals surface area (Å²) in [5.41, 5.74) is 3.50. The lowest BCUT2D eigenvalue weighted by Crippen LogP contribution is -2.34. The molecule has 1 aliphatic rings. The van der Waals surface area contributed by atoms with Crippen LogP contribution in [0, 0.1) is 0 Å². The molecule has 0 spiro atoms. The third-order valence-corrected chi connectivity index (χ3v) is 4.54. The first-order valence-corrected chi connectivity index (χ1v) is 8.45. The van der Waals surface area contributed by atoms with Gasteiger partial charge in [0.25, 0.3) is 0 Å². The normalized spacial score (nSPS) is 16.3. The number of methoxy groups -OCH3 is 1. The Morgan fingerprint density at radius 2 is 2.09 bits per heavy atom. The van der Waals surface area contributed by atoms with Gasteiger partial charge in [-0.3, -0.25) is 0 Å². The molecule has 23 heavy (non-hydrogen) atoms. The van der Waals surface area contributed by atoms with Crippen molar-refractivity contribution in [3.63, 3.8) is 0 Å². The fourth-order valence-electron chi connectivity index (χ4n) is 3.00. The number of anilines is 1. The minimum Gasteiger partial charge on any atom is -0.495 e. The number of hydrogen-bond acceptors (Lipinski definition) is 2. The van der Waals surface area contributed by atoms with Gasteiger partial charge in [0.15, 0.2) is 5.11 Å².